The van der Waals surface area contributed by atoms with Crippen molar-refractivity contribution in [2.75, 3.05) is 20.1 Å². The molecule has 0 aliphatic carbocycles. The molecule has 1 fully saturated rings. The molecule has 0 radical (unpaired) electrons. The lowest BCUT2D eigenvalue weighted by Gasteiger charge is -2.18. The molecule has 10 heteroatoms. The van der Waals surface area contributed by atoms with Crippen LogP contribution in [0.2, 0.25) is 0 Å². The van der Waals surface area contributed by atoms with E-state index in [1.165, 1.54) is 19.2 Å². The number of carbonyl (C=O) groups excluding carboxylic acids is 3. The van der Waals surface area contributed by atoms with Crippen LogP contribution in [-0.2, 0) is 31.0 Å². The maximum absolute atomic E-state index is 12.6. The van der Waals surface area contributed by atoms with Gasteiger partial charge in [-0.05, 0) is 31.5 Å². The maximum atomic E-state index is 12.6. The van der Waals surface area contributed by atoms with Gasteiger partial charge in [0.15, 0.2) is 0 Å². The maximum Gasteiger partial charge on any atom is 0.253 e. The van der Waals surface area contributed by atoms with E-state index in [1.807, 2.05) is 38.1 Å². The van der Waals surface area contributed by atoms with Gasteiger partial charge in [-0.25, -0.2) is 8.42 Å². The normalized spacial score (nSPS) is 16.2. The number of nitrogens with zero attached hydrogens (tertiary/aromatic N) is 2. The minimum absolute atomic E-state index is 0.0509. The summed E-state index contributed by atoms with van der Waals surface area (Å²) in [7, 11) is -2.56. The lowest BCUT2D eigenvalue weighted by Crippen LogP contribution is -2.48. The molecule has 1 saturated heterocycles. The summed E-state index contributed by atoms with van der Waals surface area (Å²) in [5.41, 5.74) is 7.55. The quantitative estimate of drug-likeness (QED) is 0.586. The van der Waals surface area contributed by atoms with Gasteiger partial charge in [-0.3, -0.25) is 25.2 Å². The number of sulfonamides is 1. The Hall–Kier alpha value is -3.24. The lowest BCUT2D eigenvalue weighted by molar-refractivity contribution is -0.131. The Bertz CT molecular complexity index is 1130. The Kier molecular flexibility index (Phi) is 7.50. The van der Waals surface area contributed by atoms with Gasteiger partial charge in [0.2, 0.25) is 21.8 Å². The van der Waals surface area contributed by atoms with Crippen molar-refractivity contribution < 1.29 is 22.8 Å². The van der Waals surface area contributed by atoms with Crippen molar-refractivity contribution in [3.05, 3.63) is 65.2 Å². The molecule has 3 amide bonds. The number of aryl methyl sites for hydroxylation is 2. The highest BCUT2D eigenvalue weighted by Crippen LogP contribution is 2.20. The fourth-order valence-corrected chi connectivity index (χ4v) is 4.59. The van der Waals surface area contributed by atoms with Crippen LogP contribution in [0.5, 0.6) is 0 Å². The Balaban J connectivity index is 1.48. The minimum atomic E-state index is -3.84. The van der Waals surface area contributed by atoms with Crippen molar-refractivity contribution in [3.63, 3.8) is 0 Å². The standard InChI is InChI=1S/C23H28N4O5S/c1-16-4-8-18(9-5-16)13-27-14-19(12-22(27)29)23(30)25-24-21(28)15-26(3)33(31,32)20-10-6-17(2)7-11-20/h4-11,19H,12-15H2,1-3H3,(H,24,28)(H,25,30)/t19-/m0/s1. The first-order chi connectivity index (χ1) is 15.6. The molecule has 1 aliphatic rings. The van der Waals surface area contributed by atoms with Gasteiger partial charge in [0.05, 0.1) is 17.4 Å². The summed E-state index contributed by atoms with van der Waals surface area (Å²) in [5, 5.41) is 0. The molecular formula is C23H28N4O5S. The van der Waals surface area contributed by atoms with Gasteiger partial charge in [0.25, 0.3) is 5.91 Å². The highest BCUT2D eigenvalue weighted by molar-refractivity contribution is 7.89. The van der Waals surface area contributed by atoms with Crippen LogP contribution >= 0.6 is 0 Å². The Labute approximate surface area is 193 Å². The van der Waals surface area contributed by atoms with E-state index in [9.17, 15) is 22.8 Å². The van der Waals surface area contributed by atoms with Gasteiger partial charge < -0.3 is 4.90 Å². The third kappa shape index (κ3) is 6.17. The zero-order chi connectivity index (χ0) is 24.2. The summed E-state index contributed by atoms with van der Waals surface area (Å²) in [5.74, 6) is -1.92. The first-order valence-corrected chi connectivity index (χ1v) is 12.0. The number of hydrazine groups is 1. The van der Waals surface area contributed by atoms with Crippen molar-refractivity contribution in [3.8, 4) is 0 Å². The molecule has 0 aromatic heterocycles. The monoisotopic (exact) mass is 472 g/mol. The van der Waals surface area contributed by atoms with Crippen LogP contribution in [-0.4, -0.2) is 55.5 Å². The number of nitrogens with one attached hydrogen (secondary N) is 2. The average molecular weight is 473 g/mol. The van der Waals surface area contributed by atoms with E-state index < -0.39 is 34.3 Å². The van der Waals surface area contributed by atoms with Gasteiger partial charge in [-0.15, -0.1) is 0 Å². The zero-order valence-corrected chi connectivity index (χ0v) is 19.7. The van der Waals surface area contributed by atoms with E-state index in [0.717, 1.165) is 21.0 Å². The SMILES string of the molecule is Cc1ccc(CN2C[C@@H](C(=O)NNC(=O)CN(C)S(=O)(=O)c3ccc(C)cc3)CC2=O)cc1. The third-order valence-corrected chi connectivity index (χ3v) is 7.32. The Morgan fingerprint density at radius 3 is 2.18 bits per heavy atom. The molecule has 2 aromatic rings. The second kappa shape index (κ2) is 10.1. The summed E-state index contributed by atoms with van der Waals surface area (Å²) >= 11 is 0. The first-order valence-electron chi connectivity index (χ1n) is 10.5. The highest BCUT2D eigenvalue weighted by atomic mass is 32.2. The predicted molar refractivity (Wildman–Crippen MR) is 122 cm³/mol. The van der Waals surface area contributed by atoms with Crippen molar-refractivity contribution >= 4 is 27.7 Å². The second-order valence-electron chi connectivity index (χ2n) is 8.27. The molecular weight excluding hydrogens is 444 g/mol. The smallest absolute Gasteiger partial charge is 0.253 e. The van der Waals surface area contributed by atoms with E-state index in [4.69, 9.17) is 0 Å². The minimum Gasteiger partial charge on any atom is -0.338 e. The lowest BCUT2D eigenvalue weighted by atomic mass is 10.1. The predicted octanol–water partition coefficient (Wildman–Crippen LogP) is 1.12. The number of hydrogen-bond acceptors (Lipinski definition) is 5. The number of likely N-dealkylation sites (tertiary alicyclic amines) is 1. The van der Waals surface area contributed by atoms with E-state index >= 15 is 0 Å². The molecule has 0 bridgehead atoms. The number of hydrogen-bond donors (Lipinski definition) is 2. The van der Waals surface area contributed by atoms with Crippen LogP contribution in [0.3, 0.4) is 0 Å². The first kappa shape index (κ1) is 24.4. The summed E-state index contributed by atoms with van der Waals surface area (Å²) in [6.07, 6.45) is 0.0509. The molecule has 176 valence electrons. The molecule has 1 aliphatic heterocycles. The summed E-state index contributed by atoms with van der Waals surface area (Å²) < 4.78 is 26.1. The van der Waals surface area contributed by atoms with Gasteiger partial charge in [0.1, 0.15) is 0 Å². The molecule has 0 unspecified atom stereocenters. The Morgan fingerprint density at radius 1 is 1.00 bits per heavy atom. The molecule has 3 rings (SSSR count). The van der Waals surface area contributed by atoms with Crippen molar-refractivity contribution in [1.82, 2.24) is 20.1 Å². The average Bonchev–Trinajstić information content (AvgIpc) is 3.14. The van der Waals surface area contributed by atoms with Gasteiger partial charge in [-0.1, -0.05) is 47.5 Å². The number of amides is 3. The van der Waals surface area contributed by atoms with Crippen LogP contribution in [0.4, 0.5) is 0 Å². The molecule has 9 nitrogen and oxygen atoms in total. The number of benzene rings is 2. The highest BCUT2D eigenvalue weighted by Gasteiger charge is 2.34. The summed E-state index contributed by atoms with van der Waals surface area (Å²) in [6, 6.07) is 14.1. The fraction of sp³-hybridized carbons (Fsp3) is 0.348. The van der Waals surface area contributed by atoms with Crippen molar-refractivity contribution in [2.24, 2.45) is 5.92 Å². The van der Waals surface area contributed by atoms with Crippen molar-refractivity contribution in [2.45, 2.75) is 31.7 Å². The second-order valence-corrected chi connectivity index (χ2v) is 10.3. The molecule has 2 N–H and O–H groups in total. The number of likely N-dealkylation sites (N-methyl/N-ethyl adjacent to an activating group) is 1. The number of carbonyl (C=O) groups is 3. The Morgan fingerprint density at radius 2 is 1.58 bits per heavy atom. The van der Waals surface area contributed by atoms with Gasteiger partial charge >= 0.3 is 0 Å². The van der Waals surface area contributed by atoms with Crippen LogP contribution < -0.4 is 10.9 Å². The van der Waals surface area contributed by atoms with E-state index in [-0.39, 0.29) is 23.8 Å². The zero-order valence-electron chi connectivity index (χ0n) is 18.9. The van der Waals surface area contributed by atoms with Gasteiger partial charge in [0, 0.05) is 26.6 Å². The molecule has 1 atom stereocenters. The van der Waals surface area contributed by atoms with E-state index in [2.05, 4.69) is 10.9 Å². The van der Waals surface area contributed by atoms with Crippen LogP contribution in [0.15, 0.2) is 53.4 Å². The van der Waals surface area contributed by atoms with Gasteiger partial charge in [-0.2, -0.15) is 4.31 Å². The summed E-state index contributed by atoms with van der Waals surface area (Å²) in [6.45, 7) is 4.01. The van der Waals surface area contributed by atoms with Crippen LogP contribution in [0, 0.1) is 19.8 Å². The largest absolute Gasteiger partial charge is 0.338 e. The topological polar surface area (TPSA) is 116 Å². The fourth-order valence-electron chi connectivity index (χ4n) is 3.46. The molecule has 0 saturated carbocycles. The number of rotatable bonds is 7. The summed E-state index contributed by atoms with van der Waals surface area (Å²) in [4.78, 5) is 38.6. The van der Waals surface area contributed by atoms with Crippen LogP contribution in [0.1, 0.15) is 23.1 Å². The van der Waals surface area contributed by atoms with Crippen LogP contribution in [0.25, 0.3) is 0 Å². The molecule has 0 spiro atoms. The molecule has 33 heavy (non-hydrogen) atoms. The van der Waals surface area contributed by atoms with E-state index in [0.29, 0.717) is 6.54 Å². The van der Waals surface area contributed by atoms with E-state index in [1.54, 1.807) is 17.0 Å². The van der Waals surface area contributed by atoms with Crippen molar-refractivity contribution in [1.29, 1.82) is 0 Å². The molecule has 1 heterocycles. The third-order valence-electron chi connectivity index (χ3n) is 5.50. The molecule has 2 aromatic carbocycles.